The van der Waals surface area contributed by atoms with Crippen LogP contribution in [0.3, 0.4) is 0 Å². The number of nitrogens with zero attached hydrogens (tertiary/aromatic N) is 1. The van der Waals surface area contributed by atoms with Gasteiger partial charge in [-0.2, -0.15) is 5.26 Å². The summed E-state index contributed by atoms with van der Waals surface area (Å²) in [6.07, 6.45) is 0.912. The van der Waals surface area contributed by atoms with E-state index in [1.54, 1.807) is 63.4 Å². The lowest BCUT2D eigenvalue weighted by Gasteiger charge is -2.24. The van der Waals surface area contributed by atoms with Crippen LogP contribution in [0.5, 0.6) is 5.75 Å². The number of allylic oxidation sites excluding steroid dienone is 1. The van der Waals surface area contributed by atoms with Crippen molar-refractivity contribution >= 4 is 21.4 Å². The summed E-state index contributed by atoms with van der Waals surface area (Å²) in [6.45, 7) is 3.51. The summed E-state index contributed by atoms with van der Waals surface area (Å²) in [6, 6.07) is 14.7. The van der Waals surface area contributed by atoms with Crippen LogP contribution in [0.1, 0.15) is 19.4 Å². The fourth-order valence-electron chi connectivity index (χ4n) is 2.35. The van der Waals surface area contributed by atoms with E-state index in [4.69, 9.17) is 10.00 Å². The summed E-state index contributed by atoms with van der Waals surface area (Å²) >= 11 is 0. The summed E-state index contributed by atoms with van der Waals surface area (Å²) < 4.78 is 29.2. The van der Waals surface area contributed by atoms with Crippen LogP contribution in [-0.2, 0) is 20.0 Å². The van der Waals surface area contributed by atoms with Crippen LogP contribution in [0.15, 0.2) is 64.9 Å². The highest BCUT2D eigenvalue weighted by Crippen LogP contribution is 2.27. The van der Waals surface area contributed by atoms with E-state index in [2.05, 4.69) is 5.32 Å². The first-order chi connectivity index (χ1) is 12.7. The first kappa shape index (κ1) is 20.2. The van der Waals surface area contributed by atoms with Crippen LogP contribution in [0, 0.1) is 11.3 Å². The van der Waals surface area contributed by atoms with Gasteiger partial charge in [-0.25, -0.2) is 8.42 Å². The fraction of sp³-hybridized carbons (Fsp3) is 0.200. The van der Waals surface area contributed by atoms with Gasteiger partial charge in [0.15, 0.2) is 0 Å². The highest BCUT2D eigenvalue weighted by Gasteiger charge is 2.30. The Labute approximate surface area is 159 Å². The molecular weight excluding hydrogens is 364 g/mol. The molecule has 2 aromatic rings. The molecule has 0 saturated carbocycles. The standard InChI is InChI=1S/C20H20N2O4S/c1-20(2,19(23)22-16-7-9-17(26-3)10-8-16)15-5-11-18(12-6-15)27(24,25)14-4-13-21/h4-12,14H,1-3H3,(H,22,23). The molecule has 2 rings (SSSR count). The maximum atomic E-state index is 12.7. The molecule has 0 radical (unpaired) electrons. The normalized spacial score (nSPS) is 11.8. The van der Waals surface area contributed by atoms with Gasteiger partial charge in [-0.1, -0.05) is 12.1 Å². The zero-order valence-electron chi connectivity index (χ0n) is 15.3. The number of nitriles is 1. The number of methoxy groups -OCH3 is 1. The van der Waals surface area contributed by atoms with Crippen LogP contribution in [-0.4, -0.2) is 21.4 Å². The van der Waals surface area contributed by atoms with E-state index < -0.39 is 15.3 Å². The van der Waals surface area contributed by atoms with Crippen LogP contribution in [0.25, 0.3) is 0 Å². The third-order valence-corrected chi connectivity index (χ3v) is 5.57. The summed E-state index contributed by atoms with van der Waals surface area (Å²) in [4.78, 5) is 12.8. The van der Waals surface area contributed by atoms with E-state index in [-0.39, 0.29) is 10.8 Å². The van der Waals surface area contributed by atoms with E-state index in [0.717, 1.165) is 11.5 Å². The summed E-state index contributed by atoms with van der Waals surface area (Å²) in [7, 11) is -2.11. The van der Waals surface area contributed by atoms with Gasteiger partial charge in [0, 0.05) is 17.2 Å². The number of ether oxygens (including phenoxy) is 1. The Balaban J connectivity index is 2.21. The van der Waals surface area contributed by atoms with E-state index in [0.29, 0.717) is 17.0 Å². The monoisotopic (exact) mass is 384 g/mol. The quantitative estimate of drug-likeness (QED) is 0.770. The molecule has 2 aromatic carbocycles. The van der Waals surface area contributed by atoms with Gasteiger partial charge < -0.3 is 10.1 Å². The summed E-state index contributed by atoms with van der Waals surface area (Å²) in [5, 5.41) is 12.2. The lowest BCUT2D eigenvalue weighted by atomic mass is 9.83. The average molecular weight is 384 g/mol. The number of anilines is 1. The minimum atomic E-state index is -3.68. The molecule has 0 saturated heterocycles. The van der Waals surface area contributed by atoms with Crippen molar-refractivity contribution in [3.8, 4) is 11.8 Å². The minimum absolute atomic E-state index is 0.0594. The van der Waals surface area contributed by atoms with Crippen LogP contribution in [0.2, 0.25) is 0 Å². The van der Waals surface area contributed by atoms with Gasteiger partial charge in [0.2, 0.25) is 15.7 Å². The van der Waals surface area contributed by atoms with Crippen LogP contribution in [0.4, 0.5) is 5.69 Å². The molecule has 140 valence electrons. The Bertz CT molecular complexity index is 984. The first-order valence-corrected chi connectivity index (χ1v) is 9.62. The molecule has 1 amide bonds. The second kappa shape index (κ2) is 8.06. The summed E-state index contributed by atoms with van der Waals surface area (Å²) in [5.74, 6) is 0.460. The average Bonchev–Trinajstić information content (AvgIpc) is 2.67. The number of sulfone groups is 1. The van der Waals surface area contributed by atoms with Crippen molar-refractivity contribution in [3.05, 3.63) is 65.6 Å². The molecule has 0 spiro atoms. The maximum Gasteiger partial charge on any atom is 0.234 e. The first-order valence-electron chi connectivity index (χ1n) is 8.08. The molecule has 1 N–H and O–H groups in total. The van der Waals surface area contributed by atoms with Gasteiger partial charge in [0.1, 0.15) is 5.75 Å². The second-order valence-electron chi connectivity index (χ2n) is 6.31. The van der Waals surface area contributed by atoms with E-state index in [9.17, 15) is 13.2 Å². The predicted molar refractivity (Wildman–Crippen MR) is 103 cm³/mol. The minimum Gasteiger partial charge on any atom is -0.497 e. The van der Waals surface area contributed by atoms with Gasteiger partial charge in [-0.05, 0) is 55.8 Å². The number of benzene rings is 2. The SMILES string of the molecule is COc1ccc(NC(=O)C(C)(C)c2ccc(S(=O)(=O)C=CC#N)cc2)cc1. The highest BCUT2D eigenvalue weighted by molar-refractivity contribution is 7.94. The molecule has 0 aliphatic heterocycles. The Hall–Kier alpha value is -3.11. The van der Waals surface area contributed by atoms with Gasteiger partial charge in [0.25, 0.3) is 0 Å². The number of hydrogen-bond acceptors (Lipinski definition) is 5. The number of nitrogens with one attached hydrogen (secondary N) is 1. The number of carbonyl (C=O) groups is 1. The molecule has 0 unspecified atom stereocenters. The van der Waals surface area contributed by atoms with Gasteiger partial charge >= 0.3 is 0 Å². The molecule has 27 heavy (non-hydrogen) atoms. The number of carbonyl (C=O) groups excluding carboxylic acids is 1. The third-order valence-electron chi connectivity index (χ3n) is 4.14. The van der Waals surface area contributed by atoms with Gasteiger partial charge in [-0.15, -0.1) is 0 Å². The second-order valence-corrected chi connectivity index (χ2v) is 8.14. The number of amides is 1. The van der Waals surface area contributed by atoms with Gasteiger partial charge in [-0.3, -0.25) is 4.79 Å². The van der Waals surface area contributed by atoms with Crippen molar-refractivity contribution in [2.45, 2.75) is 24.2 Å². The van der Waals surface area contributed by atoms with Crippen molar-refractivity contribution < 1.29 is 17.9 Å². The topological polar surface area (TPSA) is 96.3 Å². The Morgan fingerprint density at radius 2 is 1.70 bits per heavy atom. The molecule has 6 nitrogen and oxygen atoms in total. The molecule has 0 aliphatic carbocycles. The molecular formula is C20H20N2O4S. The maximum absolute atomic E-state index is 12.7. The van der Waals surface area contributed by atoms with Crippen LogP contribution < -0.4 is 10.1 Å². The zero-order chi connectivity index (χ0) is 20.1. The lowest BCUT2D eigenvalue weighted by Crippen LogP contribution is -2.34. The summed E-state index contributed by atoms with van der Waals surface area (Å²) in [5.41, 5.74) is 0.413. The smallest absolute Gasteiger partial charge is 0.234 e. The molecule has 0 heterocycles. The Morgan fingerprint density at radius 1 is 1.11 bits per heavy atom. The van der Waals surface area contributed by atoms with Gasteiger partial charge in [0.05, 0.1) is 23.5 Å². The molecule has 0 aromatic heterocycles. The zero-order valence-corrected chi connectivity index (χ0v) is 16.1. The van der Waals surface area contributed by atoms with Crippen molar-refractivity contribution in [1.82, 2.24) is 0 Å². The molecule has 0 atom stereocenters. The molecule has 0 aliphatic rings. The third kappa shape index (κ3) is 4.74. The fourth-order valence-corrected chi connectivity index (χ4v) is 3.27. The number of rotatable bonds is 6. The van der Waals surface area contributed by atoms with E-state index in [1.807, 2.05) is 0 Å². The van der Waals surface area contributed by atoms with Crippen molar-refractivity contribution in [3.63, 3.8) is 0 Å². The predicted octanol–water partition coefficient (Wildman–Crippen LogP) is 3.42. The van der Waals surface area contributed by atoms with Crippen molar-refractivity contribution in [1.29, 1.82) is 5.26 Å². The molecule has 0 fully saturated rings. The molecule has 0 bridgehead atoms. The van der Waals surface area contributed by atoms with E-state index >= 15 is 0 Å². The van der Waals surface area contributed by atoms with Crippen molar-refractivity contribution in [2.75, 3.05) is 12.4 Å². The highest BCUT2D eigenvalue weighted by atomic mass is 32.2. The lowest BCUT2D eigenvalue weighted by molar-refractivity contribution is -0.120. The van der Waals surface area contributed by atoms with Crippen LogP contribution >= 0.6 is 0 Å². The van der Waals surface area contributed by atoms with Crippen molar-refractivity contribution in [2.24, 2.45) is 0 Å². The number of hydrogen-bond donors (Lipinski definition) is 1. The Morgan fingerprint density at radius 3 is 2.22 bits per heavy atom. The Kier molecular flexibility index (Phi) is 6.03. The largest absolute Gasteiger partial charge is 0.497 e. The van der Waals surface area contributed by atoms with E-state index in [1.165, 1.54) is 12.1 Å². The molecule has 7 heteroatoms.